The van der Waals surface area contributed by atoms with Gasteiger partial charge in [0.25, 0.3) is 5.78 Å². The molecular weight excluding hydrogens is 261 g/mol. The Morgan fingerprint density at radius 1 is 1.31 bits per heavy atom. The maximum absolute atomic E-state index is 12.5. The minimum Gasteiger partial charge on any atom is -0.453 e. The zero-order valence-corrected chi connectivity index (χ0v) is 9.15. The predicted molar refractivity (Wildman–Crippen MR) is 56.4 cm³/mol. The molecule has 0 amide bonds. The number of alkyl halides is 3. The number of benzene rings is 1. The molecule has 0 unspecified atom stereocenters. The lowest BCUT2D eigenvalue weighted by Gasteiger charge is -2.01. The smallest absolute Gasteiger partial charge is 0.388 e. The van der Waals surface area contributed by atoms with Crippen molar-refractivity contribution in [3.8, 4) is 0 Å². The molecule has 0 bridgehead atoms. The fourth-order valence-corrected chi connectivity index (χ4v) is 1.54. The summed E-state index contributed by atoms with van der Waals surface area (Å²) in [6, 6.07) is 5.70. The van der Waals surface area contributed by atoms with E-state index >= 15 is 0 Å². The fourth-order valence-electron chi connectivity index (χ4n) is 1.27. The van der Waals surface area contributed by atoms with E-state index in [2.05, 4.69) is 11.6 Å². The molecule has 0 spiro atoms. The average molecular weight is 265 g/mol. The second kappa shape index (κ2) is 3.71. The highest BCUT2D eigenvalue weighted by molar-refractivity contribution is 6.35. The third kappa shape index (κ3) is 2.03. The summed E-state index contributed by atoms with van der Waals surface area (Å²) in [6.45, 7) is 0. The van der Waals surface area contributed by atoms with Gasteiger partial charge in [0.1, 0.15) is 5.58 Å². The maximum Gasteiger partial charge on any atom is 0.388 e. The van der Waals surface area contributed by atoms with Crippen LogP contribution < -0.4 is 0 Å². The number of fused-ring (bicyclic) bond motifs is 1. The van der Waals surface area contributed by atoms with Crippen LogP contribution in [0.15, 0.2) is 28.7 Å². The Bertz CT molecular complexity index is 557. The third-order valence-corrected chi connectivity index (χ3v) is 2.37. The molecule has 16 heavy (non-hydrogen) atoms. The van der Waals surface area contributed by atoms with Gasteiger partial charge in [-0.2, -0.15) is 8.78 Å². The summed E-state index contributed by atoms with van der Waals surface area (Å²) < 4.78 is 30.0. The van der Waals surface area contributed by atoms with Crippen LogP contribution in [0.4, 0.5) is 8.78 Å². The lowest BCUT2D eigenvalue weighted by molar-refractivity contribution is 0.0508. The number of carbonyl (C=O) groups is 1. The van der Waals surface area contributed by atoms with Crippen molar-refractivity contribution < 1.29 is 18.0 Å². The summed E-state index contributed by atoms with van der Waals surface area (Å²) in [7, 11) is 0. The summed E-state index contributed by atoms with van der Waals surface area (Å²) in [6.07, 6.45) is 0. The fraction of sp³-hybridized carbons (Fsp3) is 0.100. The van der Waals surface area contributed by atoms with Gasteiger partial charge in [-0.3, -0.25) is 4.79 Å². The molecular formula is C10H4Cl2F2O2. The standard InChI is InChI=1S/C10H4Cl2F2O2/c11-6-1-2-7-5(3-6)4-8(16-7)9(15)10(12,13)14/h1-4H. The quantitative estimate of drug-likeness (QED) is 0.604. The molecule has 6 heteroatoms. The summed E-state index contributed by atoms with van der Waals surface area (Å²) in [5, 5.41) is -3.07. The van der Waals surface area contributed by atoms with E-state index in [-0.39, 0.29) is 0 Å². The van der Waals surface area contributed by atoms with E-state index < -0.39 is 16.9 Å². The van der Waals surface area contributed by atoms with Crippen molar-refractivity contribution in [3.05, 3.63) is 35.0 Å². The van der Waals surface area contributed by atoms with Crippen LogP contribution >= 0.6 is 23.2 Å². The van der Waals surface area contributed by atoms with E-state index in [4.69, 9.17) is 16.0 Å². The van der Waals surface area contributed by atoms with Crippen LogP contribution in [0.2, 0.25) is 5.02 Å². The number of furan rings is 1. The van der Waals surface area contributed by atoms with Crippen molar-refractivity contribution >= 4 is 40.0 Å². The van der Waals surface area contributed by atoms with E-state index in [1.54, 1.807) is 0 Å². The Labute approximate surface area is 98.7 Å². The number of rotatable bonds is 2. The van der Waals surface area contributed by atoms with Crippen molar-refractivity contribution in [2.75, 3.05) is 0 Å². The SMILES string of the molecule is O=C(c1cc2cc(Cl)ccc2o1)C(F)(F)Cl. The number of carbonyl (C=O) groups excluding carboxylic acids is 1. The molecule has 2 aromatic rings. The monoisotopic (exact) mass is 264 g/mol. The van der Waals surface area contributed by atoms with E-state index in [0.717, 1.165) is 0 Å². The molecule has 0 atom stereocenters. The number of ketones is 1. The highest BCUT2D eigenvalue weighted by Crippen LogP contribution is 2.29. The van der Waals surface area contributed by atoms with Crippen molar-refractivity contribution in [1.29, 1.82) is 0 Å². The minimum atomic E-state index is -3.96. The van der Waals surface area contributed by atoms with Crippen LogP contribution in [-0.4, -0.2) is 11.2 Å². The largest absolute Gasteiger partial charge is 0.453 e. The Hall–Kier alpha value is -1.13. The van der Waals surface area contributed by atoms with Crippen LogP contribution in [0.1, 0.15) is 10.6 Å². The van der Waals surface area contributed by atoms with Crippen LogP contribution in [0, 0.1) is 0 Å². The average Bonchev–Trinajstić information content (AvgIpc) is 2.57. The summed E-state index contributed by atoms with van der Waals surface area (Å²) in [5.74, 6) is -2.06. The Morgan fingerprint density at radius 3 is 2.62 bits per heavy atom. The molecule has 84 valence electrons. The van der Waals surface area contributed by atoms with E-state index in [1.165, 1.54) is 24.3 Å². The molecule has 0 aliphatic carbocycles. The summed E-state index contributed by atoms with van der Waals surface area (Å²) >= 11 is 10.3. The zero-order chi connectivity index (χ0) is 11.9. The zero-order valence-electron chi connectivity index (χ0n) is 7.64. The van der Waals surface area contributed by atoms with Crippen molar-refractivity contribution in [1.82, 2.24) is 0 Å². The molecule has 0 radical (unpaired) electrons. The first-order valence-corrected chi connectivity index (χ1v) is 4.94. The molecule has 2 rings (SSSR count). The number of halogens is 4. The normalized spacial score (nSPS) is 12.0. The molecule has 0 N–H and O–H groups in total. The predicted octanol–water partition coefficient (Wildman–Crippen LogP) is 4.10. The highest BCUT2D eigenvalue weighted by Gasteiger charge is 2.38. The second-order valence-corrected chi connectivity index (χ2v) is 4.03. The molecule has 2 nitrogen and oxygen atoms in total. The van der Waals surface area contributed by atoms with Gasteiger partial charge >= 0.3 is 5.38 Å². The topological polar surface area (TPSA) is 30.2 Å². The first-order chi connectivity index (χ1) is 7.38. The highest BCUT2D eigenvalue weighted by atomic mass is 35.5. The van der Waals surface area contributed by atoms with Gasteiger partial charge in [0.15, 0.2) is 5.76 Å². The van der Waals surface area contributed by atoms with Crippen molar-refractivity contribution in [2.45, 2.75) is 5.38 Å². The van der Waals surface area contributed by atoms with E-state index in [1.807, 2.05) is 0 Å². The van der Waals surface area contributed by atoms with Crippen molar-refractivity contribution in [3.63, 3.8) is 0 Å². The molecule has 1 heterocycles. The van der Waals surface area contributed by atoms with E-state index in [0.29, 0.717) is 16.0 Å². The molecule has 1 aromatic heterocycles. The first kappa shape index (κ1) is 11.4. The Morgan fingerprint density at radius 2 is 2.00 bits per heavy atom. The number of hydrogen-bond acceptors (Lipinski definition) is 2. The second-order valence-electron chi connectivity index (χ2n) is 3.12. The van der Waals surface area contributed by atoms with Gasteiger partial charge in [-0.05, 0) is 35.9 Å². The van der Waals surface area contributed by atoms with Crippen LogP contribution in [0.3, 0.4) is 0 Å². The molecule has 0 fully saturated rings. The van der Waals surface area contributed by atoms with Gasteiger partial charge in [-0.1, -0.05) is 11.6 Å². The molecule has 0 saturated carbocycles. The Balaban J connectivity index is 2.52. The van der Waals surface area contributed by atoms with Gasteiger partial charge in [0.2, 0.25) is 0 Å². The summed E-state index contributed by atoms with van der Waals surface area (Å²) in [4.78, 5) is 11.1. The molecule has 0 saturated heterocycles. The van der Waals surface area contributed by atoms with Crippen molar-refractivity contribution in [2.24, 2.45) is 0 Å². The number of Topliss-reactive ketones (excluding diaryl/α,β-unsaturated/α-hetero) is 1. The minimum absolute atomic E-state index is 0.300. The summed E-state index contributed by atoms with van der Waals surface area (Å²) in [5.41, 5.74) is 0.300. The van der Waals surface area contributed by atoms with Gasteiger partial charge in [-0.25, -0.2) is 0 Å². The lowest BCUT2D eigenvalue weighted by atomic mass is 10.2. The van der Waals surface area contributed by atoms with Gasteiger partial charge in [0.05, 0.1) is 0 Å². The maximum atomic E-state index is 12.5. The first-order valence-electron chi connectivity index (χ1n) is 4.18. The Kier molecular flexibility index (Phi) is 2.64. The number of hydrogen-bond donors (Lipinski definition) is 0. The van der Waals surface area contributed by atoms with Crippen LogP contribution in [0.25, 0.3) is 11.0 Å². The van der Waals surface area contributed by atoms with Gasteiger partial charge in [-0.15, -0.1) is 0 Å². The van der Waals surface area contributed by atoms with Crippen LogP contribution in [0.5, 0.6) is 0 Å². The lowest BCUT2D eigenvalue weighted by Crippen LogP contribution is -2.20. The van der Waals surface area contributed by atoms with Gasteiger partial charge in [0, 0.05) is 10.4 Å². The van der Waals surface area contributed by atoms with Crippen LogP contribution in [-0.2, 0) is 0 Å². The third-order valence-electron chi connectivity index (χ3n) is 1.96. The van der Waals surface area contributed by atoms with E-state index in [9.17, 15) is 13.6 Å². The molecule has 1 aromatic carbocycles. The van der Waals surface area contributed by atoms with Gasteiger partial charge < -0.3 is 4.42 Å². The molecule has 0 aliphatic rings. The molecule has 0 aliphatic heterocycles.